The highest BCUT2D eigenvalue weighted by molar-refractivity contribution is 5.41. The van der Waals surface area contributed by atoms with E-state index in [1.165, 1.54) is 4.63 Å². The lowest BCUT2D eigenvalue weighted by Crippen LogP contribution is -2.08. The van der Waals surface area contributed by atoms with Crippen molar-refractivity contribution in [3.63, 3.8) is 0 Å². The summed E-state index contributed by atoms with van der Waals surface area (Å²) in [4.78, 5) is 0. The SMILES string of the molecule is CCOCCCNc1ccc2nnnn2n1. The Morgan fingerprint density at radius 1 is 1.44 bits per heavy atom. The Morgan fingerprint density at radius 3 is 3.25 bits per heavy atom. The van der Waals surface area contributed by atoms with Crippen LogP contribution in [0.4, 0.5) is 5.82 Å². The molecular formula is C9H14N6O. The summed E-state index contributed by atoms with van der Waals surface area (Å²) in [5.74, 6) is 0.760. The van der Waals surface area contributed by atoms with Gasteiger partial charge in [-0.05, 0) is 35.9 Å². The second-order valence-electron chi connectivity index (χ2n) is 3.22. The maximum atomic E-state index is 5.23. The lowest BCUT2D eigenvalue weighted by Gasteiger charge is -2.04. The van der Waals surface area contributed by atoms with Gasteiger partial charge in [-0.25, -0.2) is 0 Å². The van der Waals surface area contributed by atoms with Crippen LogP contribution in [0.3, 0.4) is 0 Å². The van der Waals surface area contributed by atoms with Crippen molar-refractivity contribution < 1.29 is 4.74 Å². The lowest BCUT2D eigenvalue weighted by atomic mass is 10.4. The Kier molecular flexibility index (Phi) is 3.60. The van der Waals surface area contributed by atoms with Gasteiger partial charge in [0, 0.05) is 19.8 Å². The van der Waals surface area contributed by atoms with Gasteiger partial charge in [-0.2, -0.15) is 0 Å². The number of rotatable bonds is 6. The minimum Gasteiger partial charge on any atom is -0.382 e. The van der Waals surface area contributed by atoms with E-state index in [1.807, 2.05) is 19.1 Å². The smallest absolute Gasteiger partial charge is 0.200 e. The number of tetrazole rings is 1. The van der Waals surface area contributed by atoms with Crippen molar-refractivity contribution in [1.82, 2.24) is 25.3 Å². The molecule has 2 aromatic heterocycles. The molecule has 0 amide bonds. The molecule has 0 saturated carbocycles. The van der Waals surface area contributed by atoms with Crippen LogP contribution in [0, 0.1) is 0 Å². The molecule has 16 heavy (non-hydrogen) atoms. The molecule has 86 valence electrons. The molecule has 0 radical (unpaired) electrons. The van der Waals surface area contributed by atoms with Gasteiger partial charge < -0.3 is 10.1 Å². The van der Waals surface area contributed by atoms with Gasteiger partial charge in [-0.1, -0.05) is 0 Å². The monoisotopic (exact) mass is 222 g/mol. The summed E-state index contributed by atoms with van der Waals surface area (Å²) in [6, 6.07) is 3.67. The van der Waals surface area contributed by atoms with E-state index in [1.54, 1.807) is 0 Å². The first-order valence-corrected chi connectivity index (χ1v) is 5.27. The normalized spacial score (nSPS) is 10.8. The molecule has 2 rings (SSSR count). The first-order chi connectivity index (χ1) is 7.90. The summed E-state index contributed by atoms with van der Waals surface area (Å²) in [7, 11) is 0. The Balaban J connectivity index is 1.84. The van der Waals surface area contributed by atoms with Crippen LogP contribution < -0.4 is 5.32 Å². The third kappa shape index (κ3) is 2.63. The van der Waals surface area contributed by atoms with Crippen LogP contribution in [0.25, 0.3) is 5.65 Å². The topological polar surface area (TPSA) is 77.2 Å². The molecule has 0 atom stereocenters. The van der Waals surface area contributed by atoms with Crippen LogP contribution in [-0.2, 0) is 4.74 Å². The first-order valence-electron chi connectivity index (χ1n) is 5.27. The van der Waals surface area contributed by atoms with Crippen LogP contribution >= 0.6 is 0 Å². The molecule has 0 unspecified atom stereocenters. The molecule has 0 aliphatic carbocycles. The predicted molar refractivity (Wildman–Crippen MR) is 58.2 cm³/mol. The van der Waals surface area contributed by atoms with E-state index in [0.717, 1.165) is 32.0 Å². The Morgan fingerprint density at radius 2 is 2.38 bits per heavy atom. The van der Waals surface area contributed by atoms with Crippen molar-refractivity contribution in [3.8, 4) is 0 Å². The third-order valence-corrected chi connectivity index (χ3v) is 2.05. The standard InChI is InChI=1S/C9H14N6O/c1-2-16-7-3-6-10-8-4-5-9-11-13-14-15(9)12-8/h4-5H,2-3,6-7H2,1H3,(H,10,12). The number of aromatic nitrogens is 5. The van der Waals surface area contributed by atoms with Gasteiger partial charge >= 0.3 is 0 Å². The fraction of sp³-hybridized carbons (Fsp3) is 0.556. The number of anilines is 1. The zero-order chi connectivity index (χ0) is 11.2. The highest BCUT2D eigenvalue weighted by Gasteiger charge is 1.99. The fourth-order valence-electron chi connectivity index (χ4n) is 1.28. The summed E-state index contributed by atoms with van der Waals surface area (Å²) in [6.07, 6.45) is 0.948. The van der Waals surface area contributed by atoms with E-state index in [2.05, 4.69) is 25.9 Å². The van der Waals surface area contributed by atoms with E-state index < -0.39 is 0 Å². The second-order valence-corrected chi connectivity index (χ2v) is 3.22. The molecule has 0 saturated heterocycles. The zero-order valence-electron chi connectivity index (χ0n) is 9.13. The molecule has 1 N–H and O–H groups in total. The average Bonchev–Trinajstić information content (AvgIpc) is 2.76. The van der Waals surface area contributed by atoms with Gasteiger partial charge in [0.15, 0.2) is 5.65 Å². The predicted octanol–water partition coefficient (Wildman–Crippen LogP) is 0.358. The Hall–Kier alpha value is -1.76. The van der Waals surface area contributed by atoms with Crippen molar-refractivity contribution >= 4 is 11.5 Å². The van der Waals surface area contributed by atoms with Gasteiger partial charge in [0.2, 0.25) is 0 Å². The van der Waals surface area contributed by atoms with E-state index in [-0.39, 0.29) is 0 Å². The van der Waals surface area contributed by atoms with E-state index in [9.17, 15) is 0 Å². The molecule has 7 nitrogen and oxygen atoms in total. The van der Waals surface area contributed by atoms with Crippen LogP contribution in [0.1, 0.15) is 13.3 Å². The van der Waals surface area contributed by atoms with Crippen LogP contribution in [0.15, 0.2) is 12.1 Å². The summed E-state index contributed by atoms with van der Waals surface area (Å²) in [5, 5.41) is 18.4. The summed E-state index contributed by atoms with van der Waals surface area (Å²) >= 11 is 0. The minimum absolute atomic E-state index is 0.639. The highest BCUT2D eigenvalue weighted by Crippen LogP contribution is 2.02. The molecule has 7 heteroatoms. The van der Waals surface area contributed by atoms with Crippen LogP contribution in [0.5, 0.6) is 0 Å². The number of nitrogens with zero attached hydrogens (tertiary/aromatic N) is 5. The molecule has 2 aromatic rings. The highest BCUT2D eigenvalue weighted by atomic mass is 16.5. The molecule has 0 spiro atoms. The number of hydrogen-bond donors (Lipinski definition) is 1. The van der Waals surface area contributed by atoms with Gasteiger partial charge in [0.1, 0.15) is 5.82 Å². The van der Waals surface area contributed by atoms with E-state index in [4.69, 9.17) is 4.74 Å². The van der Waals surface area contributed by atoms with Gasteiger partial charge in [0.05, 0.1) is 0 Å². The Labute approximate surface area is 92.8 Å². The average molecular weight is 222 g/mol. The fourth-order valence-corrected chi connectivity index (χ4v) is 1.28. The lowest BCUT2D eigenvalue weighted by molar-refractivity contribution is 0.147. The van der Waals surface area contributed by atoms with Crippen LogP contribution in [0.2, 0.25) is 0 Å². The first kappa shape index (κ1) is 10.7. The largest absolute Gasteiger partial charge is 0.382 e. The minimum atomic E-state index is 0.639. The number of fused-ring (bicyclic) bond motifs is 1. The van der Waals surface area contributed by atoms with Crippen molar-refractivity contribution in [1.29, 1.82) is 0 Å². The molecule has 0 aliphatic rings. The van der Waals surface area contributed by atoms with Crippen molar-refractivity contribution in [2.45, 2.75) is 13.3 Å². The molecule has 0 aromatic carbocycles. The van der Waals surface area contributed by atoms with Gasteiger partial charge in [-0.3, -0.25) is 0 Å². The van der Waals surface area contributed by atoms with Crippen molar-refractivity contribution in [2.75, 3.05) is 25.1 Å². The van der Waals surface area contributed by atoms with Crippen molar-refractivity contribution in [3.05, 3.63) is 12.1 Å². The van der Waals surface area contributed by atoms with E-state index in [0.29, 0.717) is 5.65 Å². The van der Waals surface area contributed by atoms with E-state index >= 15 is 0 Å². The summed E-state index contributed by atoms with van der Waals surface area (Å²) in [6.45, 7) is 4.33. The quantitative estimate of drug-likeness (QED) is 0.711. The molecular weight excluding hydrogens is 208 g/mol. The second kappa shape index (κ2) is 5.36. The number of hydrogen-bond acceptors (Lipinski definition) is 6. The maximum absolute atomic E-state index is 5.23. The molecule has 0 fully saturated rings. The maximum Gasteiger partial charge on any atom is 0.200 e. The summed E-state index contributed by atoms with van der Waals surface area (Å²) in [5.41, 5.74) is 0.639. The molecule has 0 aliphatic heterocycles. The van der Waals surface area contributed by atoms with Gasteiger partial charge in [0.25, 0.3) is 0 Å². The van der Waals surface area contributed by atoms with Crippen molar-refractivity contribution in [2.24, 2.45) is 0 Å². The number of nitrogens with one attached hydrogen (secondary N) is 1. The summed E-state index contributed by atoms with van der Waals surface area (Å²) < 4.78 is 6.63. The molecule has 2 heterocycles. The number of ether oxygens (including phenoxy) is 1. The molecule has 0 bridgehead atoms. The zero-order valence-corrected chi connectivity index (χ0v) is 9.13. The van der Waals surface area contributed by atoms with Crippen LogP contribution in [-0.4, -0.2) is 45.0 Å². The Bertz CT molecular complexity index is 442. The van der Waals surface area contributed by atoms with Gasteiger partial charge in [-0.15, -0.1) is 14.8 Å². The third-order valence-electron chi connectivity index (χ3n) is 2.05.